The quantitative estimate of drug-likeness (QED) is 0.0222. The molecule has 17 nitrogen and oxygen atoms in total. The first-order chi connectivity index (χ1) is 43.6. The van der Waals surface area contributed by atoms with E-state index in [0.29, 0.717) is 31.6 Å². The lowest BCUT2D eigenvalue weighted by Crippen LogP contribution is -2.30. The van der Waals surface area contributed by atoms with Gasteiger partial charge in [-0.1, -0.05) is 306 Å². The number of ether oxygens (including phenoxy) is 4. The fraction of sp³-hybridized carbons (Fsp3) is 0.944. The van der Waals surface area contributed by atoms with Crippen molar-refractivity contribution in [2.24, 2.45) is 23.7 Å². The van der Waals surface area contributed by atoms with E-state index in [1.807, 2.05) is 0 Å². The van der Waals surface area contributed by atoms with Crippen molar-refractivity contribution in [1.82, 2.24) is 0 Å². The number of rotatable bonds is 69. The molecule has 0 aliphatic carbocycles. The van der Waals surface area contributed by atoms with Crippen molar-refractivity contribution in [3.63, 3.8) is 0 Å². The van der Waals surface area contributed by atoms with Crippen molar-refractivity contribution in [2.45, 2.75) is 375 Å². The highest BCUT2D eigenvalue weighted by atomic mass is 31.2. The molecule has 0 fully saturated rings. The number of hydrogen-bond donors (Lipinski definition) is 3. The normalized spacial score (nSPS) is 14.2. The first-order valence-electron chi connectivity index (χ1n) is 37.2. The molecule has 0 saturated heterocycles. The van der Waals surface area contributed by atoms with Crippen molar-refractivity contribution < 1.29 is 80.2 Å². The molecule has 19 heteroatoms. The average molecular weight is 1340 g/mol. The van der Waals surface area contributed by atoms with E-state index in [0.717, 1.165) is 114 Å². The van der Waals surface area contributed by atoms with Gasteiger partial charge in [0.2, 0.25) is 0 Å². The van der Waals surface area contributed by atoms with E-state index in [4.69, 9.17) is 37.0 Å². The molecule has 91 heavy (non-hydrogen) atoms. The maximum atomic E-state index is 13.0. The van der Waals surface area contributed by atoms with Gasteiger partial charge in [0, 0.05) is 25.7 Å². The van der Waals surface area contributed by atoms with Crippen LogP contribution in [0.25, 0.3) is 0 Å². The molecule has 0 aliphatic rings. The van der Waals surface area contributed by atoms with E-state index in [9.17, 15) is 43.2 Å². The molecule has 0 rings (SSSR count). The summed E-state index contributed by atoms with van der Waals surface area (Å²) in [6.07, 6.45) is 44.7. The van der Waals surface area contributed by atoms with Gasteiger partial charge in [0.1, 0.15) is 19.3 Å². The van der Waals surface area contributed by atoms with Gasteiger partial charge in [-0.3, -0.25) is 37.3 Å². The van der Waals surface area contributed by atoms with Crippen molar-refractivity contribution in [1.29, 1.82) is 0 Å². The molecule has 2 unspecified atom stereocenters. The maximum absolute atomic E-state index is 13.0. The Morgan fingerprint density at radius 2 is 0.462 bits per heavy atom. The number of unbranched alkanes of at least 4 members (excludes halogenated alkanes) is 35. The van der Waals surface area contributed by atoms with Crippen LogP contribution in [0.1, 0.15) is 357 Å². The van der Waals surface area contributed by atoms with Crippen molar-refractivity contribution >= 4 is 39.5 Å². The van der Waals surface area contributed by atoms with Crippen molar-refractivity contribution in [3.05, 3.63) is 0 Å². The van der Waals surface area contributed by atoms with E-state index >= 15 is 0 Å². The highest BCUT2D eigenvalue weighted by Crippen LogP contribution is 2.45. The first-order valence-corrected chi connectivity index (χ1v) is 40.2. The minimum absolute atomic E-state index is 0.103. The molecule has 0 aromatic rings. The average Bonchev–Trinajstić information content (AvgIpc) is 1.99. The predicted molar refractivity (Wildman–Crippen MR) is 367 cm³/mol. The fourth-order valence-electron chi connectivity index (χ4n) is 10.8. The molecule has 5 atom stereocenters. The summed E-state index contributed by atoms with van der Waals surface area (Å²) in [5.41, 5.74) is 0. The lowest BCUT2D eigenvalue weighted by Gasteiger charge is -2.21. The molecule has 0 aromatic carbocycles. The van der Waals surface area contributed by atoms with Gasteiger partial charge in [-0.2, -0.15) is 0 Å². The number of hydrogen-bond acceptors (Lipinski definition) is 15. The summed E-state index contributed by atoms with van der Waals surface area (Å²) in [6, 6.07) is 0. The van der Waals surface area contributed by atoms with E-state index < -0.39 is 97.5 Å². The smallest absolute Gasteiger partial charge is 0.462 e. The Morgan fingerprint density at radius 1 is 0.275 bits per heavy atom. The van der Waals surface area contributed by atoms with Gasteiger partial charge in [0.15, 0.2) is 12.2 Å². The van der Waals surface area contributed by atoms with Crippen LogP contribution in [0, 0.1) is 23.7 Å². The van der Waals surface area contributed by atoms with E-state index in [2.05, 4.69) is 55.4 Å². The second kappa shape index (κ2) is 61.6. The van der Waals surface area contributed by atoms with Gasteiger partial charge in [-0.15, -0.1) is 0 Å². The van der Waals surface area contributed by atoms with Crippen LogP contribution < -0.4 is 0 Å². The van der Waals surface area contributed by atoms with Gasteiger partial charge in [0.05, 0.1) is 26.4 Å². The van der Waals surface area contributed by atoms with Crippen LogP contribution in [-0.2, 0) is 65.4 Å². The van der Waals surface area contributed by atoms with Gasteiger partial charge < -0.3 is 33.8 Å². The second-order valence-corrected chi connectivity index (χ2v) is 30.8. The Kier molecular flexibility index (Phi) is 60.3. The molecule has 0 saturated carbocycles. The van der Waals surface area contributed by atoms with Gasteiger partial charge >= 0.3 is 39.5 Å². The molecule has 0 radical (unpaired) electrons. The number of carbonyl (C=O) groups is 4. The Hall–Kier alpha value is -1.94. The Labute approximate surface area is 556 Å². The molecule has 0 heterocycles. The molecule has 0 spiro atoms. The zero-order valence-corrected chi connectivity index (χ0v) is 61.3. The summed E-state index contributed by atoms with van der Waals surface area (Å²) in [5, 5.41) is 10.6. The number of phosphoric acid groups is 2. The molecule has 0 bridgehead atoms. The number of phosphoric ester groups is 2. The number of esters is 4. The van der Waals surface area contributed by atoms with Crippen LogP contribution in [0.5, 0.6) is 0 Å². The zero-order valence-electron chi connectivity index (χ0n) is 59.5. The molecule has 3 N–H and O–H groups in total. The third-order valence-electron chi connectivity index (χ3n) is 16.6. The number of aliphatic hydroxyl groups excluding tert-OH is 1. The molecule has 0 aromatic heterocycles. The third kappa shape index (κ3) is 66.5. The van der Waals surface area contributed by atoms with Crippen LogP contribution in [0.4, 0.5) is 0 Å². The summed E-state index contributed by atoms with van der Waals surface area (Å²) in [5.74, 6) is 0.829. The summed E-state index contributed by atoms with van der Waals surface area (Å²) in [4.78, 5) is 72.6. The minimum Gasteiger partial charge on any atom is -0.462 e. The zero-order chi connectivity index (χ0) is 67.5. The maximum Gasteiger partial charge on any atom is 0.472 e. The second-order valence-electron chi connectivity index (χ2n) is 27.9. The molecule has 0 aliphatic heterocycles. The summed E-state index contributed by atoms with van der Waals surface area (Å²) >= 11 is 0. The SMILES string of the molecule is CC(C)CCCCCCCCCCCCCCCCCC(=O)O[C@H](COC(=O)CCCCCCCCCCCCC(C)C)COP(=O)(O)OC[C@@H](O)COP(=O)(O)OC[C@@H](COC(=O)CCCCCCCCC(C)C)OC(=O)CCCCCCCCCCC(C)C. The van der Waals surface area contributed by atoms with Crippen LogP contribution in [-0.4, -0.2) is 96.7 Å². The number of aliphatic hydroxyl groups is 1. The summed E-state index contributed by atoms with van der Waals surface area (Å²) < 4.78 is 68.3. The van der Waals surface area contributed by atoms with Gasteiger partial charge in [0.25, 0.3) is 0 Å². The summed E-state index contributed by atoms with van der Waals surface area (Å²) in [6.45, 7) is 14.1. The molecular formula is C72H140O17P2. The van der Waals surface area contributed by atoms with Crippen LogP contribution in [0.2, 0.25) is 0 Å². The Balaban J connectivity index is 5.23. The number of carbonyl (C=O) groups excluding carboxylic acids is 4. The molecular weight excluding hydrogens is 1200 g/mol. The summed E-state index contributed by atoms with van der Waals surface area (Å²) in [7, 11) is -9.90. The predicted octanol–water partition coefficient (Wildman–Crippen LogP) is 20.5. The van der Waals surface area contributed by atoms with Crippen molar-refractivity contribution in [3.8, 4) is 0 Å². The van der Waals surface area contributed by atoms with Crippen LogP contribution in [0.15, 0.2) is 0 Å². The van der Waals surface area contributed by atoms with Crippen LogP contribution in [0.3, 0.4) is 0 Å². The highest BCUT2D eigenvalue weighted by molar-refractivity contribution is 7.47. The lowest BCUT2D eigenvalue weighted by molar-refractivity contribution is -0.161. The van der Waals surface area contributed by atoms with Crippen molar-refractivity contribution in [2.75, 3.05) is 39.6 Å². The standard InChI is InChI=1S/C72H140O17P2/c1-62(2)48-40-32-24-18-14-12-10-9-11-13-15-21-28-38-46-54-71(76)88-67(58-82-69(74)52-44-36-27-20-17-16-19-25-33-41-49-63(3)4)60-86-90(78,79)84-56-66(73)57-85-91(80,81)87-61-68(59-83-70(75)53-45-37-31-30-35-43-51-65(7)8)89-72(77)55-47-39-29-23-22-26-34-42-50-64(5)6/h62-68,73H,9-61H2,1-8H3,(H,78,79)(H,80,81)/t66-,67-,68-/m1/s1. The monoisotopic (exact) mass is 1340 g/mol. The first kappa shape index (κ1) is 89.1. The largest absolute Gasteiger partial charge is 0.472 e. The Morgan fingerprint density at radius 3 is 0.681 bits per heavy atom. The molecule has 540 valence electrons. The third-order valence-corrected chi connectivity index (χ3v) is 18.5. The minimum atomic E-state index is -4.95. The topological polar surface area (TPSA) is 237 Å². The van der Waals surface area contributed by atoms with Gasteiger partial charge in [-0.05, 0) is 49.4 Å². The van der Waals surface area contributed by atoms with E-state index in [1.165, 1.54) is 154 Å². The molecule has 0 amide bonds. The fourth-order valence-corrected chi connectivity index (χ4v) is 12.4. The van der Waals surface area contributed by atoms with Crippen LogP contribution >= 0.6 is 15.6 Å². The van der Waals surface area contributed by atoms with E-state index in [1.54, 1.807) is 0 Å². The highest BCUT2D eigenvalue weighted by Gasteiger charge is 2.30. The lowest BCUT2D eigenvalue weighted by atomic mass is 10.0. The van der Waals surface area contributed by atoms with E-state index in [-0.39, 0.29) is 25.7 Å². The van der Waals surface area contributed by atoms with Gasteiger partial charge in [-0.25, -0.2) is 9.13 Å². The Bertz CT molecular complexity index is 1800.